The van der Waals surface area contributed by atoms with Crippen LogP contribution < -0.4 is 15.0 Å². The first kappa shape index (κ1) is 23.3. The highest BCUT2D eigenvalue weighted by atomic mass is 16.5. The molecule has 0 spiro atoms. The zero-order chi connectivity index (χ0) is 23.2. The number of anilines is 2. The van der Waals surface area contributed by atoms with Crippen LogP contribution in [-0.4, -0.2) is 59.5 Å². The molecule has 0 bridgehead atoms. The molecule has 0 saturated carbocycles. The second kappa shape index (κ2) is 10.8. The second-order valence-electron chi connectivity index (χ2n) is 8.86. The summed E-state index contributed by atoms with van der Waals surface area (Å²) in [6.07, 6.45) is 5.81. The first-order chi connectivity index (χ1) is 16.0. The molecule has 2 aromatic rings. The minimum absolute atomic E-state index is 0.0947. The maximum Gasteiger partial charge on any atom is 0.335 e. The third-order valence-electron chi connectivity index (χ3n) is 6.41. The van der Waals surface area contributed by atoms with E-state index in [9.17, 15) is 4.79 Å². The summed E-state index contributed by atoms with van der Waals surface area (Å²) in [6.45, 7) is 7.53. The minimum Gasteiger partial charge on any atom is -0.490 e. The van der Waals surface area contributed by atoms with Gasteiger partial charge in [-0.05, 0) is 50.5 Å². The molecule has 8 heteroatoms. The molecule has 1 aromatic heterocycles. The molecule has 2 N–H and O–H groups in total. The molecule has 2 saturated heterocycles. The molecule has 33 heavy (non-hydrogen) atoms. The van der Waals surface area contributed by atoms with Crippen LogP contribution in [0.4, 0.5) is 11.8 Å². The van der Waals surface area contributed by atoms with Crippen molar-refractivity contribution >= 4 is 17.7 Å². The number of carboxylic acids is 1. The predicted octanol–water partition coefficient (Wildman–Crippen LogP) is 4.07. The van der Waals surface area contributed by atoms with E-state index in [4.69, 9.17) is 24.5 Å². The molecule has 3 heterocycles. The Labute approximate surface area is 195 Å². The number of rotatable bonds is 8. The lowest BCUT2D eigenvalue weighted by atomic mass is 10.1. The second-order valence-corrected chi connectivity index (χ2v) is 8.86. The predicted molar refractivity (Wildman–Crippen MR) is 127 cm³/mol. The lowest BCUT2D eigenvalue weighted by molar-refractivity contribution is 0.0696. The van der Waals surface area contributed by atoms with E-state index in [0.29, 0.717) is 11.8 Å². The van der Waals surface area contributed by atoms with Gasteiger partial charge in [-0.3, -0.25) is 0 Å². The van der Waals surface area contributed by atoms with E-state index in [0.717, 1.165) is 87.9 Å². The molecule has 0 amide bonds. The maximum atomic E-state index is 11.0. The molecule has 0 atom stereocenters. The van der Waals surface area contributed by atoms with Crippen LogP contribution in [0.5, 0.6) is 5.75 Å². The van der Waals surface area contributed by atoms with E-state index in [1.165, 1.54) is 0 Å². The van der Waals surface area contributed by atoms with Gasteiger partial charge in [0.25, 0.3) is 0 Å². The molecule has 178 valence electrons. The van der Waals surface area contributed by atoms with Crippen molar-refractivity contribution in [2.24, 2.45) is 0 Å². The van der Waals surface area contributed by atoms with Crippen molar-refractivity contribution in [1.29, 1.82) is 0 Å². The number of benzene rings is 1. The summed E-state index contributed by atoms with van der Waals surface area (Å²) in [5, 5.41) is 12.7. The molecule has 0 unspecified atom stereocenters. The van der Waals surface area contributed by atoms with Crippen molar-refractivity contribution in [2.75, 3.05) is 36.5 Å². The molecule has 8 nitrogen and oxygen atoms in total. The van der Waals surface area contributed by atoms with E-state index in [1.807, 2.05) is 0 Å². The van der Waals surface area contributed by atoms with Crippen LogP contribution in [0.25, 0.3) is 0 Å². The SMILES string of the molecule is CCCc1nc(N2CCC(Oc3ccc(C(=O)O)cc3)CC2)nc(NC2CCOCC2)c1C. The van der Waals surface area contributed by atoms with E-state index in [2.05, 4.69) is 24.1 Å². The summed E-state index contributed by atoms with van der Waals surface area (Å²) >= 11 is 0. The average Bonchev–Trinajstić information content (AvgIpc) is 2.83. The molecule has 1 aromatic carbocycles. The van der Waals surface area contributed by atoms with Crippen molar-refractivity contribution in [3.8, 4) is 5.75 Å². The van der Waals surface area contributed by atoms with E-state index in [-0.39, 0.29) is 11.7 Å². The Balaban J connectivity index is 1.41. The molecule has 2 aliphatic rings. The number of aryl methyl sites for hydroxylation is 1. The molecule has 2 aliphatic heterocycles. The summed E-state index contributed by atoms with van der Waals surface area (Å²) in [6, 6.07) is 7.00. The Morgan fingerprint density at radius 1 is 1.15 bits per heavy atom. The number of aromatic nitrogens is 2. The van der Waals surface area contributed by atoms with Gasteiger partial charge in [-0.1, -0.05) is 13.3 Å². The Morgan fingerprint density at radius 3 is 2.48 bits per heavy atom. The van der Waals surface area contributed by atoms with Gasteiger partial charge in [0.15, 0.2) is 0 Å². The van der Waals surface area contributed by atoms with Crippen LogP contribution in [0.1, 0.15) is 60.6 Å². The third-order valence-corrected chi connectivity index (χ3v) is 6.41. The van der Waals surface area contributed by atoms with Crippen molar-refractivity contribution in [3.63, 3.8) is 0 Å². The van der Waals surface area contributed by atoms with Crippen LogP contribution in [-0.2, 0) is 11.2 Å². The number of aromatic carboxylic acids is 1. The first-order valence-corrected chi connectivity index (χ1v) is 12.0. The number of hydrogen-bond donors (Lipinski definition) is 2. The van der Waals surface area contributed by atoms with Crippen LogP contribution in [0.3, 0.4) is 0 Å². The fraction of sp³-hybridized carbons (Fsp3) is 0.560. The molecule has 0 aliphatic carbocycles. The highest BCUT2D eigenvalue weighted by Gasteiger charge is 2.25. The summed E-state index contributed by atoms with van der Waals surface area (Å²) < 4.78 is 11.6. The van der Waals surface area contributed by atoms with Gasteiger partial charge in [0.2, 0.25) is 5.95 Å². The zero-order valence-corrected chi connectivity index (χ0v) is 19.5. The lowest BCUT2D eigenvalue weighted by Crippen LogP contribution is -2.39. The number of ether oxygens (including phenoxy) is 2. The molecular formula is C25H34N4O4. The van der Waals surface area contributed by atoms with Gasteiger partial charge in [0.1, 0.15) is 17.7 Å². The van der Waals surface area contributed by atoms with Crippen LogP contribution in [0, 0.1) is 6.92 Å². The van der Waals surface area contributed by atoms with Crippen LogP contribution in [0.2, 0.25) is 0 Å². The minimum atomic E-state index is -0.930. The van der Waals surface area contributed by atoms with Gasteiger partial charge >= 0.3 is 5.97 Å². The highest BCUT2D eigenvalue weighted by Crippen LogP contribution is 2.26. The average molecular weight is 455 g/mol. The van der Waals surface area contributed by atoms with E-state index in [1.54, 1.807) is 24.3 Å². The first-order valence-electron chi connectivity index (χ1n) is 12.0. The molecule has 0 radical (unpaired) electrons. The van der Waals surface area contributed by atoms with Gasteiger partial charge in [-0.25, -0.2) is 9.78 Å². The van der Waals surface area contributed by atoms with Crippen LogP contribution in [0.15, 0.2) is 24.3 Å². The van der Waals surface area contributed by atoms with Crippen molar-refractivity contribution < 1.29 is 19.4 Å². The third kappa shape index (κ3) is 5.93. The molecule has 4 rings (SSSR count). The smallest absolute Gasteiger partial charge is 0.335 e. The number of nitrogens with one attached hydrogen (secondary N) is 1. The topological polar surface area (TPSA) is 96.8 Å². The Bertz CT molecular complexity index is 936. The molecule has 2 fully saturated rings. The number of carboxylic acid groups (broad SMARTS) is 1. The summed E-state index contributed by atoms with van der Waals surface area (Å²) in [5.74, 6) is 1.52. The number of nitrogens with zero attached hydrogens (tertiary/aromatic N) is 3. The highest BCUT2D eigenvalue weighted by molar-refractivity contribution is 5.87. The van der Waals surface area contributed by atoms with Gasteiger partial charge in [0.05, 0.1) is 11.3 Å². The lowest BCUT2D eigenvalue weighted by Gasteiger charge is -2.33. The van der Waals surface area contributed by atoms with Crippen LogP contribution >= 0.6 is 0 Å². The Morgan fingerprint density at radius 2 is 1.85 bits per heavy atom. The Hall–Kier alpha value is -2.87. The standard InChI is InChI=1S/C25H34N4O4/c1-3-4-22-17(2)23(26-19-11-15-32-16-12-19)28-25(27-22)29-13-9-21(10-14-29)33-20-7-5-18(6-8-20)24(30)31/h5-8,19,21H,3-4,9-16H2,1-2H3,(H,30,31)(H,26,27,28). The number of piperidine rings is 1. The number of carbonyl (C=O) groups is 1. The fourth-order valence-electron chi connectivity index (χ4n) is 4.39. The summed E-state index contributed by atoms with van der Waals surface area (Å²) in [4.78, 5) is 23.1. The summed E-state index contributed by atoms with van der Waals surface area (Å²) in [7, 11) is 0. The zero-order valence-electron chi connectivity index (χ0n) is 19.5. The normalized spacial score (nSPS) is 17.7. The van der Waals surface area contributed by atoms with Gasteiger partial charge < -0.3 is 24.8 Å². The van der Waals surface area contributed by atoms with E-state index < -0.39 is 5.97 Å². The summed E-state index contributed by atoms with van der Waals surface area (Å²) in [5.41, 5.74) is 2.53. The van der Waals surface area contributed by atoms with Crippen molar-refractivity contribution in [3.05, 3.63) is 41.1 Å². The van der Waals surface area contributed by atoms with Gasteiger partial charge in [-0.2, -0.15) is 4.98 Å². The van der Waals surface area contributed by atoms with Crippen molar-refractivity contribution in [1.82, 2.24) is 9.97 Å². The quantitative estimate of drug-likeness (QED) is 0.616. The van der Waals surface area contributed by atoms with Gasteiger partial charge in [0, 0.05) is 50.8 Å². The molecular weight excluding hydrogens is 420 g/mol. The largest absolute Gasteiger partial charge is 0.490 e. The van der Waals surface area contributed by atoms with Gasteiger partial charge in [-0.15, -0.1) is 0 Å². The monoisotopic (exact) mass is 454 g/mol. The van der Waals surface area contributed by atoms with Crippen molar-refractivity contribution in [2.45, 2.75) is 64.5 Å². The maximum absolute atomic E-state index is 11.0. The van der Waals surface area contributed by atoms with E-state index >= 15 is 0 Å². The Kier molecular flexibility index (Phi) is 7.65. The fourth-order valence-corrected chi connectivity index (χ4v) is 4.39. The number of hydrogen-bond acceptors (Lipinski definition) is 7.